The lowest BCUT2D eigenvalue weighted by Gasteiger charge is -2.14. The number of phenolic OH excluding ortho intramolecular Hbond substituents is 1. The van der Waals surface area contributed by atoms with Gasteiger partial charge in [0.1, 0.15) is 11.6 Å². The Kier molecular flexibility index (Phi) is 9.04. The third kappa shape index (κ3) is 9.43. The Morgan fingerprint density at radius 1 is 1.07 bits per heavy atom. The quantitative estimate of drug-likeness (QED) is 0.647. The lowest BCUT2D eigenvalue weighted by atomic mass is 10.2. The summed E-state index contributed by atoms with van der Waals surface area (Å²) in [7, 11) is 3.90. The van der Waals surface area contributed by atoms with Crippen LogP contribution in [0.15, 0.2) is 64.4 Å². The molecule has 0 saturated heterocycles. The van der Waals surface area contributed by atoms with Crippen LogP contribution in [0.25, 0.3) is 0 Å². The summed E-state index contributed by atoms with van der Waals surface area (Å²) in [5.74, 6) is -2.50. The molecule has 2 aromatic carbocycles. The van der Waals surface area contributed by atoms with E-state index < -0.39 is 11.9 Å². The van der Waals surface area contributed by atoms with Crippen molar-refractivity contribution in [3.63, 3.8) is 0 Å². The van der Waals surface area contributed by atoms with Gasteiger partial charge in [-0.3, -0.25) is 0 Å². The maximum Gasteiger partial charge on any atom is 0.328 e. The van der Waals surface area contributed by atoms with E-state index in [1.165, 1.54) is 17.8 Å². The van der Waals surface area contributed by atoms with E-state index in [0.717, 1.165) is 15.4 Å². The number of aliphatic carboxylic acids is 2. The molecule has 0 fully saturated rings. The van der Waals surface area contributed by atoms with Crippen LogP contribution in [0.4, 0.5) is 4.39 Å². The van der Waals surface area contributed by atoms with Crippen molar-refractivity contribution in [3.8, 4) is 5.75 Å². The summed E-state index contributed by atoms with van der Waals surface area (Å²) in [6.45, 7) is 0.679. The van der Waals surface area contributed by atoms with Gasteiger partial charge in [0, 0.05) is 28.5 Å². The number of carboxylic acids is 2. The van der Waals surface area contributed by atoms with Gasteiger partial charge in [0.25, 0.3) is 0 Å². The molecule has 0 aliphatic carbocycles. The highest BCUT2D eigenvalue weighted by Gasteiger charge is 2.07. The lowest BCUT2D eigenvalue weighted by Crippen LogP contribution is -2.11. The van der Waals surface area contributed by atoms with Crippen molar-refractivity contribution < 1.29 is 29.3 Å². The minimum atomic E-state index is -1.26. The molecule has 144 valence electrons. The van der Waals surface area contributed by atoms with Crippen LogP contribution in [0.2, 0.25) is 0 Å². The maximum absolute atomic E-state index is 13.3. The zero-order chi connectivity index (χ0) is 20.4. The summed E-state index contributed by atoms with van der Waals surface area (Å²) in [6.07, 6.45) is 1.12. The van der Waals surface area contributed by atoms with Crippen LogP contribution in [0, 0.1) is 5.82 Å². The topological polar surface area (TPSA) is 98.1 Å². The van der Waals surface area contributed by atoms with Gasteiger partial charge in [-0.05, 0) is 56.1 Å². The zero-order valence-electron chi connectivity index (χ0n) is 14.8. The largest absolute Gasteiger partial charge is 0.508 e. The van der Waals surface area contributed by atoms with E-state index in [1.54, 1.807) is 30.3 Å². The Balaban J connectivity index is 0.000000387. The summed E-state index contributed by atoms with van der Waals surface area (Å²) in [6, 6.07) is 11.9. The minimum absolute atomic E-state index is 0.225. The normalized spacial score (nSPS) is 10.5. The molecule has 8 heteroatoms. The van der Waals surface area contributed by atoms with E-state index in [4.69, 9.17) is 10.2 Å². The van der Waals surface area contributed by atoms with Crippen molar-refractivity contribution in [1.29, 1.82) is 0 Å². The van der Waals surface area contributed by atoms with Crippen LogP contribution in [-0.2, 0) is 16.1 Å². The standard InChI is InChI=1S/C15H16FNOS.C4H4O4/c1-17(2)10-11-8-12(16)6-7-15(11)19-14-5-3-4-13(18)9-14;5-3(6)1-2-4(7)8/h3-9,18H,10H2,1-2H3;1-2H,(H,5,6)(H,7,8)/b;2-1+. The number of halogens is 1. The summed E-state index contributed by atoms with van der Waals surface area (Å²) in [4.78, 5) is 23.0. The van der Waals surface area contributed by atoms with Gasteiger partial charge in [-0.15, -0.1) is 0 Å². The van der Waals surface area contributed by atoms with E-state index in [1.807, 2.05) is 25.1 Å². The van der Waals surface area contributed by atoms with Crippen LogP contribution in [-0.4, -0.2) is 46.3 Å². The number of benzene rings is 2. The first-order valence-electron chi connectivity index (χ1n) is 7.71. The lowest BCUT2D eigenvalue weighted by molar-refractivity contribution is -0.134. The molecular formula is C19H20FNO5S. The van der Waals surface area contributed by atoms with E-state index in [9.17, 15) is 19.1 Å². The summed E-state index contributed by atoms with van der Waals surface area (Å²) in [5.41, 5.74) is 0.943. The molecule has 0 heterocycles. The van der Waals surface area contributed by atoms with Gasteiger partial charge in [-0.2, -0.15) is 0 Å². The molecule has 6 nitrogen and oxygen atoms in total. The molecule has 0 aliphatic rings. The Morgan fingerprint density at radius 3 is 2.22 bits per heavy atom. The van der Waals surface area contributed by atoms with Gasteiger partial charge < -0.3 is 20.2 Å². The number of aromatic hydroxyl groups is 1. The SMILES string of the molecule is CN(C)Cc1cc(F)ccc1Sc1cccc(O)c1.O=C(O)/C=C/C(=O)O. The highest BCUT2D eigenvalue weighted by atomic mass is 32.2. The number of carboxylic acid groups (broad SMARTS) is 2. The molecule has 0 bridgehead atoms. The average Bonchev–Trinajstić information content (AvgIpc) is 2.56. The third-order valence-electron chi connectivity index (χ3n) is 2.92. The molecule has 2 aromatic rings. The third-order valence-corrected chi connectivity index (χ3v) is 4.03. The van der Waals surface area contributed by atoms with Crippen molar-refractivity contribution in [3.05, 3.63) is 66.0 Å². The van der Waals surface area contributed by atoms with Crippen molar-refractivity contribution in [2.24, 2.45) is 0 Å². The Hall–Kier alpha value is -2.84. The Morgan fingerprint density at radius 2 is 1.70 bits per heavy atom. The van der Waals surface area contributed by atoms with Crippen LogP contribution in [0.5, 0.6) is 5.75 Å². The second kappa shape index (κ2) is 11.0. The number of carbonyl (C=O) groups is 2. The number of rotatable bonds is 6. The van der Waals surface area contributed by atoms with Crippen LogP contribution in [0.3, 0.4) is 0 Å². The first-order valence-corrected chi connectivity index (χ1v) is 8.53. The van der Waals surface area contributed by atoms with Gasteiger partial charge in [-0.25, -0.2) is 14.0 Å². The van der Waals surface area contributed by atoms with E-state index in [-0.39, 0.29) is 11.6 Å². The summed E-state index contributed by atoms with van der Waals surface area (Å²) in [5, 5.41) is 25.1. The first-order chi connectivity index (χ1) is 12.7. The molecule has 0 atom stereocenters. The summed E-state index contributed by atoms with van der Waals surface area (Å²) < 4.78 is 13.3. The van der Waals surface area contributed by atoms with Crippen molar-refractivity contribution in [2.45, 2.75) is 16.3 Å². The molecule has 0 saturated carbocycles. The Labute approximate surface area is 160 Å². The van der Waals surface area contributed by atoms with Gasteiger partial charge in [-0.1, -0.05) is 17.8 Å². The number of nitrogens with zero attached hydrogens (tertiary/aromatic N) is 1. The van der Waals surface area contributed by atoms with E-state index in [2.05, 4.69) is 0 Å². The molecule has 0 radical (unpaired) electrons. The Bertz CT molecular complexity index is 807. The highest BCUT2D eigenvalue weighted by molar-refractivity contribution is 7.99. The molecule has 2 rings (SSSR count). The van der Waals surface area contributed by atoms with E-state index >= 15 is 0 Å². The second-order valence-electron chi connectivity index (χ2n) is 5.60. The molecule has 0 amide bonds. The van der Waals surface area contributed by atoms with Gasteiger partial charge >= 0.3 is 11.9 Å². The predicted molar refractivity (Wildman–Crippen MR) is 100 cm³/mol. The number of hydrogen-bond acceptors (Lipinski definition) is 5. The molecule has 0 unspecified atom stereocenters. The fourth-order valence-corrected chi connectivity index (χ4v) is 2.90. The fraction of sp³-hybridized carbons (Fsp3) is 0.158. The first kappa shape index (κ1) is 22.2. The van der Waals surface area contributed by atoms with Gasteiger partial charge in [0.15, 0.2) is 0 Å². The summed E-state index contributed by atoms with van der Waals surface area (Å²) >= 11 is 1.53. The minimum Gasteiger partial charge on any atom is -0.508 e. The smallest absolute Gasteiger partial charge is 0.328 e. The molecule has 0 aliphatic heterocycles. The predicted octanol–water partition coefficient (Wildman–Crippen LogP) is 3.46. The van der Waals surface area contributed by atoms with Crippen molar-refractivity contribution in [2.75, 3.05) is 14.1 Å². The zero-order valence-corrected chi connectivity index (χ0v) is 15.6. The van der Waals surface area contributed by atoms with Crippen molar-refractivity contribution >= 4 is 23.7 Å². The van der Waals surface area contributed by atoms with E-state index in [0.29, 0.717) is 18.7 Å². The number of phenols is 1. The second-order valence-corrected chi connectivity index (χ2v) is 6.71. The van der Waals surface area contributed by atoms with Crippen LogP contribution in [0.1, 0.15) is 5.56 Å². The van der Waals surface area contributed by atoms with Crippen molar-refractivity contribution in [1.82, 2.24) is 4.90 Å². The van der Waals surface area contributed by atoms with Crippen LogP contribution < -0.4 is 0 Å². The van der Waals surface area contributed by atoms with Gasteiger partial charge in [0.2, 0.25) is 0 Å². The maximum atomic E-state index is 13.3. The number of hydrogen-bond donors (Lipinski definition) is 3. The molecule has 0 spiro atoms. The van der Waals surface area contributed by atoms with Crippen LogP contribution >= 0.6 is 11.8 Å². The van der Waals surface area contributed by atoms with Gasteiger partial charge in [0.05, 0.1) is 0 Å². The monoisotopic (exact) mass is 393 g/mol. The molecule has 3 N–H and O–H groups in total. The molecule has 0 aromatic heterocycles. The molecular weight excluding hydrogens is 373 g/mol. The fourth-order valence-electron chi connectivity index (χ4n) is 1.93. The average molecular weight is 393 g/mol. The highest BCUT2D eigenvalue weighted by Crippen LogP contribution is 2.32. The molecule has 27 heavy (non-hydrogen) atoms.